The van der Waals surface area contributed by atoms with Crippen LogP contribution in [-0.2, 0) is 20.4 Å². The van der Waals surface area contributed by atoms with E-state index in [9.17, 15) is 0 Å². The maximum absolute atomic E-state index is 2.36. The van der Waals surface area contributed by atoms with Crippen LogP contribution >= 0.6 is 0 Å². The van der Waals surface area contributed by atoms with Gasteiger partial charge in [-0.05, 0) is 0 Å². The number of allylic oxidation sites excluding steroid dienone is 4. The fourth-order valence-corrected chi connectivity index (χ4v) is 8.33. The maximum atomic E-state index is 2.36. The second-order valence-corrected chi connectivity index (χ2v) is 10.0. The molecule has 0 fully saturated rings. The quantitative estimate of drug-likeness (QED) is 0.394. The van der Waals surface area contributed by atoms with E-state index in [0.717, 1.165) is 0 Å². The SMILES string of the molecule is CCCC1=C(C)CC([SiH](c2ccccc2)c2ccccc2)=[C]1[Ti+3].[Cl-].[Cl-].[Cl-]. The first-order valence-electron chi connectivity index (χ1n) is 8.46. The van der Waals surface area contributed by atoms with Crippen molar-refractivity contribution in [3.8, 4) is 0 Å². The van der Waals surface area contributed by atoms with Crippen LogP contribution in [0.2, 0.25) is 0 Å². The zero-order chi connectivity index (χ0) is 16.2. The van der Waals surface area contributed by atoms with Gasteiger partial charge >= 0.3 is 154 Å². The zero-order valence-corrected chi connectivity index (χ0v) is 20.1. The Bertz CT molecular complexity index is 703. The van der Waals surface area contributed by atoms with Crippen molar-refractivity contribution in [1.29, 1.82) is 0 Å². The van der Waals surface area contributed by atoms with Crippen molar-refractivity contribution in [2.75, 3.05) is 0 Å². The van der Waals surface area contributed by atoms with E-state index in [-0.39, 0.29) is 37.2 Å². The van der Waals surface area contributed by atoms with E-state index >= 15 is 0 Å². The molecule has 0 unspecified atom stereocenters. The van der Waals surface area contributed by atoms with Gasteiger partial charge in [-0.3, -0.25) is 0 Å². The molecule has 0 saturated heterocycles. The molecule has 0 aromatic heterocycles. The van der Waals surface area contributed by atoms with Crippen LogP contribution in [0.15, 0.2) is 80.9 Å². The third kappa shape index (κ3) is 5.61. The molecule has 1 aliphatic rings. The number of hydrogen-bond donors (Lipinski definition) is 0. The van der Waals surface area contributed by atoms with Gasteiger partial charge in [-0.25, -0.2) is 0 Å². The van der Waals surface area contributed by atoms with Gasteiger partial charge in [-0.2, -0.15) is 0 Å². The Morgan fingerprint density at radius 1 is 0.846 bits per heavy atom. The second-order valence-electron chi connectivity index (χ2n) is 6.34. The van der Waals surface area contributed by atoms with Crippen LogP contribution < -0.4 is 47.6 Å². The Labute approximate surface area is 189 Å². The molecule has 136 valence electrons. The third-order valence-corrected chi connectivity index (χ3v) is 9.42. The Morgan fingerprint density at radius 3 is 1.73 bits per heavy atom. The zero-order valence-electron chi connectivity index (χ0n) is 15.1. The van der Waals surface area contributed by atoms with Crippen molar-refractivity contribution in [1.82, 2.24) is 0 Å². The molecule has 5 heteroatoms. The van der Waals surface area contributed by atoms with Crippen LogP contribution in [0, 0.1) is 0 Å². The topological polar surface area (TPSA) is 0 Å². The summed E-state index contributed by atoms with van der Waals surface area (Å²) in [5.41, 5.74) is 3.23. The van der Waals surface area contributed by atoms with E-state index in [1.54, 1.807) is 30.6 Å². The largest absolute Gasteiger partial charge is 1.00 e. The molecule has 0 heterocycles. The minimum atomic E-state index is -1.32. The van der Waals surface area contributed by atoms with Crippen LogP contribution in [0.5, 0.6) is 0 Å². The van der Waals surface area contributed by atoms with Gasteiger partial charge in [0.15, 0.2) is 0 Å². The predicted octanol–water partition coefficient (Wildman–Crippen LogP) is -5.10. The summed E-state index contributed by atoms with van der Waals surface area (Å²) in [6.45, 7) is 4.62. The molecule has 0 radical (unpaired) electrons. The van der Waals surface area contributed by atoms with Gasteiger partial charge in [0.1, 0.15) is 0 Å². The number of rotatable bonds is 5. The van der Waals surface area contributed by atoms with Crippen molar-refractivity contribution in [2.24, 2.45) is 0 Å². The summed E-state index contributed by atoms with van der Waals surface area (Å²) in [4.78, 5) is 0. The molecule has 26 heavy (non-hydrogen) atoms. The van der Waals surface area contributed by atoms with Crippen molar-refractivity contribution >= 4 is 19.2 Å². The first-order valence-corrected chi connectivity index (χ1v) is 11.0. The summed E-state index contributed by atoms with van der Waals surface area (Å²) >= 11 is 2.36. The second kappa shape index (κ2) is 12.2. The summed E-state index contributed by atoms with van der Waals surface area (Å²) in [5, 5.41) is 4.81. The van der Waals surface area contributed by atoms with Crippen molar-refractivity contribution in [2.45, 2.75) is 33.1 Å². The fourth-order valence-electron chi connectivity index (χ4n) is 3.61. The van der Waals surface area contributed by atoms with Gasteiger partial charge < -0.3 is 37.2 Å². The van der Waals surface area contributed by atoms with Crippen molar-refractivity contribution in [3.05, 3.63) is 80.9 Å². The van der Waals surface area contributed by atoms with E-state index in [2.05, 4.69) is 94.9 Å². The molecule has 0 N–H and O–H groups in total. The summed E-state index contributed by atoms with van der Waals surface area (Å²) in [7, 11) is -1.32. The first kappa shape index (κ1) is 25.7. The Balaban J connectivity index is 0.00000208. The molecular weight excluding hydrogens is 435 g/mol. The molecule has 0 amide bonds. The molecule has 0 bridgehead atoms. The van der Waals surface area contributed by atoms with Gasteiger partial charge in [0.25, 0.3) is 0 Å². The average molecular weight is 458 g/mol. The van der Waals surface area contributed by atoms with Gasteiger partial charge in [0.05, 0.1) is 0 Å². The van der Waals surface area contributed by atoms with Crippen molar-refractivity contribution < 1.29 is 57.7 Å². The molecular formula is C21H23Cl3SiTi. The molecule has 3 rings (SSSR count). The fraction of sp³-hybridized carbons (Fsp3) is 0.238. The number of halogens is 3. The summed E-state index contributed by atoms with van der Waals surface area (Å²) in [6.07, 6.45) is 3.65. The molecule has 2 aromatic rings. The van der Waals surface area contributed by atoms with Gasteiger partial charge in [-0.15, -0.1) is 0 Å². The van der Waals surface area contributed by atoms with Crippen LogP contribution in [0.3, 0.4) is 0 Å². The van der Waals surface area contributed by atoms with E-state index in [0.29, 0.717) is 0 Å². The monoisotopic (exact) mass is 456 g/mol. The molecule has 0 aliphatic heterocycles. The van der Waals surface area contributed by atoms with Crippen LogP contribution in [-0.4, -0.2) is 8.80 Å². The van der Waals surface area contributed by atoms with Crippen LogP contribution in [0.25, 0.3) is 0 Å². The standard InChI is InChI=1S/C21H23Si.3ClH.Ti/c1-3-10-18-16-21(15-17(18)2)22(19-11-6-4-7-12-19)20-13-8-5-9-14-20;;;;/h4-9,11-14,22H,3,10,15H2,1-2H3;3*1H;/q;;;;+3/p-3. The molecule has 0 spiro atoms. The Morgan fingerprint density at radius 2 is 1.31 bits per heavy atom. The van der Waals surface area contributed by atoms with Gasteiger partial charge in [0, 0.05) is 0 Å². The predicted molar refractivity (Wildman–Crippen MR) is 98.6 cm³/mol. The number of benzene rings is 2. The summed E-state index contributed by atoms with van der Waals surface area (Å²) in [5.74, 6) is 0. The normalized spacial score (nSPS) is 13.3. The Kier molecular flexibility index (Phi) is 12.1. The molecule has 0 atom stereocenters. The minimum absolute atomic E-state index is 0. The molecule has 1 aliphatic carbocycles. The smallest absolute Gasteiger partial charge is 1.00 e. The maximum Gasteiger partial charge on any atom is -1.00 e. The number of hydrogen-bond acceptors (Lipinski definition) is 0. The average Bonchev–Trinajstić information content (AvgIpc) is 2.86. The van der Waals surface area contributed by atoms with E-state index in [1.165, 1.54) is 19.3 Å². The summed E-state index contributed by atoms with van der Waals surface area (Å²) < 4.78 is 1.59. The van der Waals surface area contributed by atoms with E-state index in [4.69, 9.17) is 0 Å². The van der Waals surface area contributed by atoms with E-state index < -0.39 is 8.80 Å². The molecule has 0 saturated carbocycles. The van der Waals surface area contributed by atoms with E-state index in [1.807, 2.05) is 0 Å². The van der Waals surface area contributed by atoms with Crippen LogP contribution in [0.1, 0.15) is 33.1 Å². The van der Waals surface area contributed by atoms with Gasteiger partial charge in [-0.1, -0.05) is 0 Å². The molecule has 2 aromatic carbocycles. The first-order chi connectivity index (χ1) is 11.2. The van der Waals surface area contributed by atoms with Crippen molar-refractivity contribution in [3.63, 3.8) is 0 Å². The van der Waals surface area contributed by atoms with Gasteiger partial charge in [0.2, 0.25) is 0 Å². The minimum Gasteiger partial charge on any atom is -1.00 e. The third-order valence-electron chi connectivity index (χ3n) is 4.71. The molecule has 0 nitrogen and oxygen atoms in total. The summed E-state index contributed by atoms with van der Waals surface area (Å²) in [6, 6.07) is 22.3. The van der Waals surface area contributed by atoms with Crippen LogP contribution in [0.4, 0.5) is 0 Å². The Hall–Kier alpha value is -0.279.